The van der Waals surface area contributed by atoms with Gasteiger partial charge >= 0.3 is 0 Å². The lowest BCUT2D eigenvalue weighted by atomic mass is 10.0. The minimum absolute atomic E-state index is 0.583. The van der Waals surface area contributed by atoms with E-state index in [4.69, 9.17) is 0 Å². The van der Waals surface area contributed by atoms with Gasteiger partial charge in [0, 0.05) is 16.6 Å². The number of hydrogen-bond donors (Lipinski definition) is 1. The van der Waals surface area contributed by atoms with Gasteiger partial charge in [-0.05, 0) is 41.7 Å². The lowest BCUT2D eigenvalue weighted by Gasteiger charge is -2.05. The van der Waals surface area contributed by atoms with Gasteiger partial charge in [-0.25, -0.2) is 0 Å². The molecule has 1 heteroatoms. The second-order valence-corrected chi connectivity index (χ2v) is 5.55. The van der Waals surface area contributed by atoms with Gasteiger partial charge in [-0.2, -0.15) is 0 Å². The third-order valence-corrected chi connectivity index (χ3v) is 3.67. The van der Waals surface area contributed by atoms with E-state index in [2.05, 4.69) is 74.3 Å². The van der Waals surface area contributed by atoms with Gasteiger partial charge in [-0.15, -0.1) is 0 Å². The average Bonchev–Trinajstić information content (AvgIpc) is 2.81. The number of rotatable bonds is 2. The van der Waals surface area contributed by atoms with Crippen LogP contribution < -0.4 is 0 Å². The average molecular weight is 249 g/mol. The standard InChI is InChI=1S/C18H19N/c1-12(2)14-6-8-15(9-7-14)18-11-16-5-4-13(3)10-17(16)19-18/h4-12,19H,1-3H3. The molecule has 1 N–H and O–H groups in total. The third-order valence-electron chi connectivity index (χ3n) is 3.67. The highest BCUT2D eigenvalue weighted by Gasteiger charge is 2.04. The Balaban J connectivity index is 2.03. The van der Waals surface area contributed by atoms with Crippen LogP contribution >= 0.6 is 0 Å². The molecule has 3 rings (SSSR count). The van der Waals surface area contributed by atoms with Crippen molar-refractivity contribution >= 4 is 10.9 Å². The summed E-state index contributed by atoms with van der Waals surface area (Å²) in [5.41, 5.74) is 6.32. The van der Waals surface area contributed by atoms with Crippen molar-refractivity contribution in [1.29, 1.82) is 0 Å². The summed E-state index contributed by atoms with van der Waals surface area (Å²) in [6.07, 6.45) is 0. The van der Waals surface area contributed by atoms with Gasteiger partial charge < -0.3 is 4.98 Å². The Morgan fingerprint density at radius 1 is 0.895 bits per heavy atom. The summed E-state index contributed by atoms with van der Waals surface area (Å²) < 4.78 is 0. The van der Waals surface area contributed by atoms with E-state index in [1.54, 1.807) is 0 Å². The number of aromatic nitrogens is 1. The fourth-order valence-corrected chi connectivity index (χ4v) is 2.44. The highest BCUT2D eigenvalue weighted by atomic mass is 14.7. The van der Waals surface area contributed by atoms with E-state index in [1.807, 2.05) is 0 Å². The second-order valence-electron chi connectivity index (χ2n) is 5.55. The molecule has 1 aromatic heterocycles. The molecule has 0 aliphatic carbocycles. The maximum atomic E-state index is 3.50. The van der Waals surface area contributed by atoms with Crippen LogP contribution in [0.2, 0.25) is 0 Å². The van der Waals surface area contributed by atoms with Gasteiger partial charge in [-0.1, -0.05) is 50.2 Å². The number of benzene rings is 2. The highest BCUT2D eigenvalue weighted by molar-refractivity contribution is 5.86. The van der Waals surface area contributed by atoms with E-state index in [9.17, 15) is 0 Å². The maximum absolute atomic E-state index is 3.50. The fraction of sp³-hybridized carbons (Fsp3) is 0.222. The molecular weight excluding hydrogens is 230 g/mol. The number of fused-ring (bicyclic) bond motifs is 1. The second kappa shape index (κ2) is 4.58. The summed E-state index contributed by atoms with van der Waals surface area (Å²) in [4.78, 5) is 3.50. The van der Waals surface area contributed by atoms with Gasteiger partial charge in [0.05, 0.1) is 0 Å². The van der Waals surface area contributed by atoms with Crippen molar-refractivity contribution < 1.29 is 0 Å². The Kier molecular flexibility index (Phi) is 2.90. The molecule has 0 amide bonds. The predicted molar refractivity (Wildman–Crippen MR) is 82.6 cm³/mol. The monoisotopic (exact) mass is 249 g/mol. The van der Waals surface area contributed by atoms with E-state index in [1.165, 1.54) is 33.3 Å². The van der Waals surface area contributed by atoms with Crippen molar-refractivity contribution in [3.05, 3.63) is 59.7 Å². The van der Waals surface area contributed by atoms with Gasteiger partial charge in [0.15, 0.2) is 0 Å². The molecule has 0 unspecified atom stereocenters. The van der Waals surface area contributed by atoms with Crippen molar-refractivity contribution in [2.24, 2.45) is 0 Å². The van der Waals surface area contributed by atoms with Crippen LogP contribution in [0.1, 0.15) is 30.9 Å². The van der Waals surface area contributed by atoms with E-state index < -0.39 is 0 Å². The van der Waals surface area contributed by atoms with Crippen molar-refractivity contribution in [3.63, 3.8) is 0 Å². The van der Waals surface area contributed by atoms with Gasteiger partial charge in [0.2, 0.25) is 0 Å². The Bertz CT molecular complexity index is 702. The molecule has 0 aliphatic rings. The number of H-pyrrole nitrogens is 1. The molecule has 3 aromatic rings. The lowest BCUT2D eigenvalue weighted by Crippen LogP contribution is -1.86. The quantitative estimate of drug-likeness (QED) is 0.637. The summed E-state index contributed by atoms with van der Waals surface area (Å²) in [5.74, 6) is 0.583. The van der Waals surface area contributed by atoms with Crippen molar-refractivity contribution in [2.45, 2.75) is 26.7 Å². The molecular formula is C18H19N. The summed E-state index contributed by atoms with van der Waals surface area (Å²) in [6, 6.07) is 17.6. The fourth-order valence-electron chi connectivity index (χ4n) is 2.44. The Labute approximate surface area is 114 Å². The van der Waals surface area contributed by atoms with Crippen LogP contribution in [0.3, 0.4) is 0 Å². The first kappa shape index (κ1) is 12.0. The number of aromatic amines is 1. The topological polar surface area (TPSA) is 15.8 Å². The smallest absolute Gasteiger partial charge is 0.0464 e. The van der Waals surface area contributed by atoms with Gasteiger partial charge in [-0.3, -0.25) is 0 Å². The minimum atomic E-state index is 0.583. The van der Waals surface area contributed by atoms with E-state index in [0.29, 0.717) is 5.92 Å². The van der Waals surface area contributed by atoms with Gasteiger partial charge in [0.1, 0.15) is 0 Å². The third kappa shape index (κ3) is 2.28. The SMILES string of the molecule is Cc1ccc2cc(-c3ccc(C(C)C)cc3)[nH]c2c1. The maximum Gasteiger partial charge on any atom is 0.0464 e. The van der Waals surface area contributed by atoms with Crippen molar-refractivity contribution in [1.82, 2.24) is 4.98 Å². The molecule has 0 radical (unpaired) electrons. The largest absolute Gasteiger partial charge is 0.355 e. The lowest BCUT2D eigenvalue weighted by molar-refractivity contribution is 0.867. The zero-order valence-corrected chi connectivity index (χ0v) is 11.7. The normalized spacial score (nSPS) is 11.4. The summed E-state index contributed by atoms with van der Waals surface area (Å²) >= 11 is 0. The van der Waals surface area contributed by atoms with E-state index >= 15 is 0 Å². The molecule has 0 spiro atoms. The predicted octanol–water partition coefficient (Wildman–Crippen LogP) is 5.27. The minimum Gasteiger partial charge on any atom is -0.355 e. The van der Waals surface area contributed by atoms with Crippen LogP contribution in [0.15, 0.2) is 48.5 Å². The Hall–Kier alpha value is -2.02. The van der Waals surface area contributed by atoms with Crippen LogP contribution in [-0.4, -0.2) is 4.98 Å². The zero-order valence-electron chi connectivity index (χ0n) is 11.7. The number of hydrogen-bond acceptors (Lipinski definition) is 0. The molecule has 0 bridgehead atoms. The molecule has 0 fully saturated rings. The molecule has 1 nitrogen and oxygen atoms in total. The highest BCUT2D eigenvalue weighted by Crippen LogP contribution is 2.26. The molecule has 0 aliphatic heterocycles. The first-order chi connectivity index (χ1) is 9.13. The zero-order chi connectivity index (χ0) is 13.4. The molecule has 0 atom stereocenters. The molecule has 0 saturated carbocycles. The van der Waals surface area contributed by atoms with Crippen LogP contribution in [0, 0.1) is 6.92 Å². The van der Waals surface area contributed by atoms with Crippen LogP contribution in [0.5, 0.6) is 0 Å². The van der Waals surface area contributed by atoms with E-state index in [-0.39, 0.29) is 0 Å². The van der Waals surface area contributed by atoms with Crippen molar-refractivity contribution in [2.75, 3.05) is 0 Å². The van der Waals surface area contributed by atoms with Gasteiger partial charge in [0.25, 0.3) is 0 Å². The van der Waals surface area contributed by atoms with Crippen LogP contribution in [-0.2, 0) is 0 Å². The molecule has 0 saturated heterocycles. The van der Waals surface area contributed by atoms with E-state index in [0.717, 1.165) is 0 Å². The molecule has 2 aromatic carbocycles. The van der Waals surface area contributed by atoms with Crippen LogP contribution in [0.4, 0.5) is 0 Å². The first-order valence-electron chi connectivity index (χ1n) is 6.83. The molecule has 1 heterocycles. The summed E-state index contributed by atoms with van der Waals surface area (Å²) in [6.45, 7) is 6.57. The molecule has 19 heavy (non-hydrogen) atoms. The van der Waals surface area contributed by atoms with Crippen LogP contribution in [0.25, 0.3) is 22.2 Å². The number of nitrogens with one attached hydrogen (secondary N) is 1. The summed E-state index contributed by atoms with van der Waals surface area (Å²) in [5, 5.41) is 1.27. The Morgan fingerprint density at radius 2 is 1.63 bits per heavy atom. The summed E-state index contributed by atoms with van der Waals surface area (Å²) in [7, 11) is 0. The first-order valence-corrected chi connectivity index (χ1v) is 6.83. The number of aryl methyl sites for hydroxylation is 1. The van der Waals surface area contributed by atoms with Crippen molar-refractivity contribution in [3.8, 4) is 11.3 Å². The Morgan fingerprint density at radius 3 is 2.32 bits per heavy atom. The molecule has 96 valence electrons.